The van der Waals surface area contributed by atoms with Gasteiger partial charge in [0.1, 0.15) is 5.01 Å². The molecule has 88 valence electrons. The molecule has 0 amide bonds. The average Bonchev–Trinajstić information content (AvgIpc) is 2.87. The maximum atomic E-state index is 10.7. The van der Waals surface area contributed by atoms with Crippen molar-refractivity contribution in [1.82, 2.24) is 9.97 Å². The molecule has 0 aliphatic rings. The molecule has 18 heavy (non-hydrogen) atoms. The summed E-state index contributed by atoms with van der Waals surface area (Å²) in [5, 5.41) is 1.94. The minimum Gasteiger partial charge on any atom is -0.297 e. The second-order valence-electron chi connectivity index (χ2n) is 4.05. The Morgan fingerprint density at radius 2 is 2.11 bits per heavy atom. The topological polar surface area (TPSA) is 42.9 Å². The molecule has 0 aliphatic heterocycles. The number of fused-ring (bicyclic) bond motifs is 1. The van der Waals surface area contributed by atoms with E-state index in [0.717, 1.165) is 33.5 Å². The van der Waals surface area contributed by atoms with Crippen molar-refractivity contribution in [3.05, 3.63) is 47.1 Å². The van der Waals surface area contributed by atoms with Crippen molar-refractivity contribution < 1.29 is 4.79 Å². The number of nitrogens with zero attached hydrogens (tertiary/aromatic N) is 2. The van der Waals surface area contributed by atoms with E-state index in [0.29, 0.717) is 4.88 Å². The normalized spacial score (nSPS) is 10.7. The number of hydrogen-bond acceptors (Lipinski definition) is 4. The molecule has 0 saturated carbocycles. The smallest absolute Gasteiger partial charge is 0.161 e. The number of aldehydes is 1. The Balaban J connectivity index is 2.12. The van der Waals surface area contributed by atoms with E-state index in [1.54, 1.807) is 6.20 Å². The highest BCUT2D eigenvalue weighted by molar-refractivity contribution is 7.16. The summed E-state index contributed by atoms with van der Waals surface area (Å²) in [5.41, 5.74) is 3.00. The second-order valence-corrected chi connectivity index (χ2v) is 5.11. The minimum absolute atomic E-state index is 0.645. The summed E-state index contributed by atoms with van der Waals surface area (Å²) in [7, 11) is 0. The SMILES string of the molecule is Cc1ccc2cc(-c3ncc(C=O)s3)ccc2n1. The van der Waals surface area contributed by atoms with Gasteiger partial charge in [-0.3, -0.25) is 9.78 Å². The minimum atomic E-state index is 0.645. The molecule has 0 spiro atoms. The standard InChI is InChI=1S/C14H10N2OS/c1-9-2-3-10-6-11(4-5-13(10)16-9)14-15-7-12(8-17)18-14/h2-8H,1H3. The third-order valence-corrected chi connectivity index (χ3v) is 3.69. The molecular formula is C14H10N2OS. The highest BCUT2D eigenvalue weighted by Gasteiger charge is 2.05. The number of rotatable bonds is 2. The fourth-order valence-electron chi connectivity index (χ4n) is 1.84. The molecule has 0 bridgehead atoms. The van der Waals surface area contributed by atoms with Gasteiger partial charge in [0.05, 0.1) is 10.4 Å². The van der Waals surface area contributed by atoms with Crippen LogP contribution in [-0.2, 0) is 0 Å². The van der Waals surface area contributed by atoms with E-state index in [-0.39, 0.29) is 0 Å². The molecule has 0 unspecified atom stereocenters. The number of carbonyl (C=O) groups is 1. The summed E-state index contributed by atoms with van der Waals surface area (Å²) in [6.45, 7) is 1.98. The summed E-state index contributed by atoms with van der Waals surface area (Å²) in [5.74, 6) is 0. The van der Waals surface area contributed by atoms with Gasteiger partial charge in [0.2, 0.25) is 0 Å². The second kappa shape index (κ2) is 4.31. The lowest BCUT2D eigenvalue weighted by Gasteiger charge is -2.01. The van der Waals surface area contributed by atoms with Crippen molar-refractivity contribution in [2.45, 2.75) is 6.92 Å². The van der Waals surface area contributed by atoms with Crippen LogP contribution in [0.3, 0.4) is 0 Å². The number of hydrogen-bond donors (Lipinski definition) is 0. The monoisotopic (exact) mass is 254 g/mol. The van der Waals surface area contributed by atoms with Gasteiger partial charge in [0, 0.05) is 22.8 Å². The van der Waals surface area contributed by atoms with Gasteiger partial charge in [-0.1, -0.05) is 6.07 Å². The average molecular weight is 254 g/mol. The molecule has 2 aromatic heterocycles. The van der Waals surface area contributed by atoms with Crippen molar-refractivity contribution in [1.29, 1.82) is 0 Å². The Labute approximate surface area is 108 Å². The van der Waals surface area contributed by atoms with Crippen LogP contribution in [0.1, 0.15) is 15.4 Å². The lowest BCUT2D eigenvalue weighted by atomic mass is 10.1. The van der Waals surface area contributed by atoms with Gasteiger partial charge in [-0.15, -0.1) is 11.3 Å². The first-order chi connectivity index (χ1) is 8.76. The van der Waals surface area contributed by atoms with Crippen molar-refractivity contribution in [2.75, 3.05) is 0 Å². The Morgan fingerprint density at radius 1 is 1.22 bits per heavy atom. The van der Waals surface area contributed by atoms with Gasteiger partial charge < -0.3 is 0 Å². The molecule has 0 N–H and O–H groups in total. The molecule has 3 rings (SSSR count). The summed E-state index contributed by atoms with van der Waals surface area (Å²) in [6.07, 6.45) is 2.43. The maximum absolute atomic E-state index is 10.7. The zero-order valence-electron chi connectivity index (χ0n) is 9.75. The fraction of sp³-hybridized carbons (Fsp3) is 0.0714. The van der Waals surface area contributed by atoms with Crippen LogP contribution < -0.4 is 0 Å². The number of thiazole rings is 1. The summed E-state index contributed by atoms with van der Waals surface area (Å²) < 4.78 is 0. The van der Waals surface area contributed by atoms with E-state index in [1.807, 2.05) is 25.1 Å². The van der Waals surface area contributed by atoms with Gasteiger partial charge >= 0.3 is 0 Å². The number of aryl methyl sites for hydroxylation is 1. The predicted octanol–water partition coefficient (Wildman–Crippen LogP) is 3.48. The first-order valence-corrected chi connectivity index (χ1v) is 6.37. The van der Waals surface area contributed by atoms with E-state index < -0.39 is 0 Å². The van der Waals surface area contributed by atoms with Crippen LogP contribution in [0, 0.1) is 6.92 Å². The van der Waals surface area contributed by atoms with Crippen molar-refractivity contribution in [3.8, 4) is 10.6 Å². The van der Waals surface area contributed by atoms with E-state index in [9.17, 15) is 4.79 Å². The van der Waals surface area contributed by atoms with E-state index in [4.69, 9.17) is 0 Å². The third-order valence-electron chi connectivity index (χ3n) is 2.72. The molecule has 0 atom stereocenters. The quantitative estimate of drug-likeness (QED) is 0.657. The molecule has 3 nitrogen and oxygen atoms in total. The summed E-state index contributed by atoms with van der Waals surface area (Å²) >= 11 is 1.40. The van der Waals surface area contributed by atoms with Crippen LogP contribution in [0.15, 0.2) is 36.5 Å². The van der Waals surface area contributed by atoms with E-state index >= 15 is 0 Å². The molecule has 0 radical (unpaired) electrons. The Kier molecular flexibility index (Phi) is 2.64. The van der Waals surface area contributed by atoms with Crippen LogP contribution in [0.4, 0.5) is 0 Å². The Bertz CT molecular complexity index is 733. The van der Waals surface area contributed by atoms with Crippen LogP contribution in [-0.4, -0.2) is 16.3 Å². The zero-order chi connectivity index (χ0) is 12.5. The highest BCUT2D eigenvalue weighted by Crippen LogP contribution is 2.27. The first-order valence-electron chi connectivity index (χ1n) is 5.55. The number of pyridine rings is 1. The molecule has 3 aromatic rings. The predicted molar refractivity (Wildman–Crippen MR) is 73.0 cm³/mol. The summed E-state index contributed by atoms with van der Waals surface area (Å²) in [6, 6.07) is 10.1. The van der Waals surface area contributed by atoms with Crippen LogP contribution in [0.2, 0.25) is 0 Å². The van der Waals surface area contributed by atoms with Gasteiger partial charge in [-0.25, -0.2) is 4.98 Å². The van der Waals surface area contributed by atoms with Crippen LogP contribution in [0.5, 0.6) is 0 Å². The first kappa shape index (κ1) is 11.0. The third kappa shape index (κ3) is 1.91. The molecule has 0 aliphatic carbocycles. The Hall–Kier alpha value is -2.07. The lowest BCUT2D eigenvalue weighted by molar-refractivity contribution is 0.112. The van der Waals surface area contributed by atoms with Crippen LogP contribution in [0.25, 0.3) is 21.5 Å². The van der Waals surface area contributed by atoms with Crippen molar-refractivity contribution >= 4 is 28.5 Å². The maximum Gasteiger partial charge on any atom is 0.161 e. The largest absolute Gasteiger partial charge is 0.297 e. The lowest BCUT2D eigenvalue weighted by Crippen LogP contribution is -1.83. The molecule has 4 heteroatoms. The Morgan fingerprint density at radius 3 is 2.89 bits per heavy atom. The fourth-order valence-corrected chi connectivity index (χ4v) is 2.56. The van der Waals surface area contributed by atoms with Crippen LogP contribution >= 0.6 is 11.3 Å². The van der Waals surface area contributed by atoms with Crippen molar-refractivity contribution in [2.24, 2.45) is 0 Å². The van der Waals surface area contributed by atoms with Gasteiger partial charge in [0.15, 0.2) is 6.29 Å². The molecule has 0 fully saturated rings. The number of benzene rings is 1. The van der Waals surface area contributed by atoms with Gasteiger partial charge in [0.25, 0.3) is 0 Å². The molecular weight excluding hydrogens is 244 g/mol. The number of aromatic nitrogens is 2. The van der Waals surface area contributed by atoms with Gasteiger partial charge in [-0.05, 0) is 31.2 Å². The van der Waals surface area contributed by atoms with Gasteiger partial charge in [-0.2, -0.15) is 0 Å². The number of carbonyl (C=O) groups excluding carboxylic acids is 1. The van der Waals surface area contributed by atoms with E-state index in [1.165, 1.54) is 11.3 Å². The zero-order valence-corrected chi connectivity index (χ0v) is 10.6. The van der Waals surface area contributed by atoms with E-state index in [2.05, 4.69) is 22.1 Å². The van der Waals surface area contributed by atoms with Crippen molar-refractivity contribution in [3.63, 3.8) is 0 Å². The summed E-state index contributed by atoms with van der Waals surface area (Å²) in [4.78, 5) is 20.0. The molecule has 1 aromatic carbocycles. The molecule has 0 saturated heterocycles. The highest BCUT2D eigenvalue weighted by atomic mass is 32.1. The molecule has 2 heterocycles.